The summed E-state index contributed by atoms with van der Waals surface area (Å²) in [5.74, 6) is -0.00172. The van der Waals surface area contributed by atoms with Gasteiger partial charge in [-0.3, -0.25) is 4.79 Å². The zero-order chi connectivity index (χ0) is 17.8. The number of aromatic hydroxyl groups is 1. The first-order valence-corrected chi connectivity index (χ1v) is 8.35. The Hall–Kier alpha value is -2.80. The van der Waals surface area contributed by atoms with E-state index < -0.39 is 5.91 Å². The summed E-state index contributed by atoms with van der Waals surface area (Å²) < 4.78 is 11.7. The number of phenolic OH excluding ortho intramolecular Hbond substituents is 1. The Morgan fingerprint density at radius 1 is 1.36 bits per heavy atom. The fourth-order valence-corrected chi connectivity index (χ4v) is 2.64. The van der Waals surface area contributed by atoms with Crippen molar-refractivity contribution in [3.8, 4) is 11.5 Å². The van der Waals surface area contributed by atoms with Gasteiger partial charge in [0.05, 0.1) is 12.8 Å². The molecule has 0 aliphatic rings. The zero-order valence-corrected chi connectivity index (χ0v) is 14.9. The highest BCUT2D eigenvalue weighted by Gasteiger charge is 2.12. The standard InChI is InChI=1S/C18H15BrN2O4/c1-2-24-15-5-3-4-11(17(15)22)10-20-21-18(23)16-9-12-8-13(19)6-7-14(12)25-16/h3-10,22H,2H2,1H3,(H,21,23). The molecule has 1 heterocycles. The molecule has 0 atom stereocenters. The van der Waals surface area contributed by atoms with Crippen LogP contribution in [0.4, 0.5) is 0 Å². The number of hydrogen-bond acceptors (Lipinski definition) is 5. The highest BCUT2D eigenvalue weighted by atomic mass is 79.9. The van der Waals surface area contributed by atoms with Gasteiger partial charge in [-0.2, -0.15) is 5.10 Å². The molecule has 0 aliphatic heterocycles. The molecule has 3 rings (SSSR count). The van der Waals surface area contributed by atoms with Crippen LogP contribution in [0.2, 0.25) is 0 Å². The van der Waals surface area contributed by atoms with Gasteiger partial charge in [0.25, 0.3) is 0 Å². The summed E-state index contributed by atoms with van der Waals surface area (Å²) in [6, 6.07) is 12.1. The molecule has 7 heteroatoms. The molecule has 3 aromatic rings. The van der Waals surface area contributed by atoms with Gasteiger partial charge in [-0.05, 0) is 43.3 Å². The van der Waals surface area contributed by atoms with Crippen LogP contribution >= 0.6 is 15.9 Å². The van der Waals surface area contributed by atoms with E-state index in [2.05, 4.69) is 26.5 Å². The van der Waals surface area contributed by atoms with E-state index in [1.165, 1.54) is 6.21 Å². The van der Waals surface area contributed by atoms with Crippen LogP contribution in [0.15, 0.2) is 56.5 Å². The number of nitrogens with one attached hydrogen (secondary N) is 1. The average Bonchev–Trinajstić information content (AvgIpc) is 3.01. The number of para-hydroxylation sites is 1. The number of carbonyl (C=O) groups is 1. The molecule has 128 valence electrons. The van der Waals surface area contributed by atoms with Crippen molar-refractivity contribution < 1.29 is 19.1 Å². The summed E-state index contributed by atoms with van der Waals surface area (Å²) in [4.78, 5) is 12.1. The van der Waals surface area contributed by atoms with Crippen molar-refractivity contribution in [1.29, 1.82) is 0 Å². The van der Waals surface area contributed by atoms with Crippen molar-refractivity contribution in [3.63, 3.8) is 0 Å². The lowest BCUT2D eigenvalue weighted by atomic mass is 10.2. The average molecular weight is 403 g/mol. The second-order valence-corrected chi connectivity index (χ2v) is 6.03. The maximum Gasteiger partial charge on any atom is 0.307 e. The molecule has 0 aliphatic carbocycles. The molecule has 0 radical (unpaired) electrons. The number of furan rings is 1. The van der Waals surface area contributed by atoms with Crippen molar-refractivity contribution in [3.05, 3.63) is 58.3 Å². The number of phenols is 1. The van der Waals surface area contributed by atoms with Crippen LogP contribution in [0.1, 0.15) is 23.0 Å². The van der Waals surface area contributed by atoms with E-state index in [1.54, 1.807) is 30.3 Å². The summed E-state index contributed by atoms with van der Waals surface area (Å²) in [6.07, 6.45) is 1.34. The highest BCUT2D eigenvalue weighted by molar-refractivity contribution is 9.10. The Morgan fingerprint density at radius 2 is 2.20 bits per heavy atom. The third kappa shape index (κ3) is 3.83. The molecule has 2 N–H and O–H groups in total. The largest absolute Gasteiger partial charge is 0.504 e. The number of amides is 1. The molecule has 0 unspecified atom stereocenters. The maximum absolute atomic E-state index is 12.1. The zero-order valence-electron chi connectivity index (χ0n) is 13.3. The second kappa shape index (κ2) is 7.40. The van der Waals surface area contributed by atoms with Crippen LogP contribution in [-0.4, -0.2) is 23.8 Å². The SMILES string of the molecule is CCOc1cccc(C=NNC(=O)c2cc3cc(Br)ccc3o2)c1O. The van der Waals surface area contributed by atoms with E-state index in [0.717, 1.165) is 9.86 Å². The van der Waals surface area contributed by atoms with Crippen LogP contribution in [0, 0.1) is 0 Å². The predicted octanol–water partition coefficient (Wildman–Crippen LogP) is 4.06. The van der Waals surface area contributed by atoms with E-state index in [4.69, 9.17) is 9.15 Å². The predicted molar refractivity (Wildman–Crippen MR) is 98.3 cm³/mol. The van der Waals surface area contributed by atoms with Gasteiger partial charge in [0.2, 0.25) is 0 Å². The quantitative estimate of drug-likeness (QED) is 0.497. The number of carbonyl (C=O) groups excluding carboxylic acids is 1. The molecule has 1 amide bonds. The van der Waals surface area contributed by atoms with Gasteiger partial charge in [0.1, 0.15) is 5.58 Å². The lowest BCUT2D eigenvalue weighted by Crippen LogP contribution is -2.16. The number of nitrogens with zero attached hydrogens (tertiary/aromatic N) is 1. The normalized spacial score (nSPS) is 11.1. The van der Waals surface area contributed by atoms with Gasteiger partial charge in [-0.25, -0.2) is 5.43 Å². The number of fused-ring (bicyclic) bond motifs is 1. The highest BCUT2D eigenvalue weighted by Crippen LogP contribution is 2.28. The third-order valence-corrected chi connectivity index (χ3v) is 3.90. The molecule has 2 aromatic carbocycles. The summed E-state index contributed by atoms with van der Waals surface area (Å²) in [5.41, 5.74) is 3.42. The van der Waals surface area contributed by atoms with Crippen LogP contribution in [0.3, 0.4) is 0 Å². The monoisotopic (exact) mass is 402 g/mol. The van der Waals surface area contributed by atoms with E-state index >= 15 is 0 Å². The topological polar surface area (TPSA) is 84.1 Å². The van der Waals surface area contributed by atoms with Gasteiger partial charge >= 0.3 is 5.91 Å². The van der Waals surface area contributed by atoms with Crippen molar-refractivity contribution in [2.24, 2.45) is 5.10 Å². The van der Waals surface area contributed by atoms with E-state index in [-0.39, 0.29) is 11.5 Å². The van der Waals surface area contributed by atoms with E-state index in [0.29, 0.717) is 23.5 Å². The van der Waals surface area contributed by atoms with Gasteiger partial charge in [-0.1, -0.05) is 22.0 Å². The van der Waals surface area contributed by atoms with Gasteiger partial charge in [-0.15, -0.1) is 0 Å². The molecule has 25 heavy (non-hydrogen) atoms. The third-order valence-electron chi connectivity index (χ3n) is 3.40. The lowest BCUT2D eigenvalue weighted by Gasteiger charge is -2.06. The summed E-state index contributed by atoms with van der Waals surface area (Å²) >= 11 is 3.37. The summed E-state index contributed by atoms with van der Waals surface area (Å²) in [7, 11) is 0. The second-order valence-electron chi connectivity index (χ2n) is 5.12. The maximum atomic E-state index is 12.1. The molecule has 0 fully saturated rings. The number of halogens is 1. The lowest BCUT2D eigenvalue weighted by molar-refractivity contribution is 0.0929. The minimum Gasteiger partial charge on any atom is -0.504 e. The van der Waals surface area contributed by atoms with Crippen LogP contribution in [0.5, 0.6) is 11.5 Å². The van der Waals surface area contributed by atoms with Crippen molar-refractivity contribution >= 4 is 39.0 Å². The molecular formula is C18H15BrN2O4. The number of hydrazone groups is 1. The fourth-order valence-electron chi connectivity index (χ4n) is 2.26. The minimum atomic E-state index is -0.482. The number of benzene rings is 2. The number of ether oxygens (including phenoxy) is 1. The van der Waals surface area contributed by atoms with Gasteiger partial charge in [0, 0.05) is 15.4 Å². The molecule has 0 bridgehead atoms. The van der Waals surface area contributed by atoms with E-state index in [1.807, 2.05) is 19.1 Å². The Bertz CT molecular complexity index is 949. The summed E-state index contributed by atoms with van der Waals surface area (Å²) in [5, 5.41) is 14.7. The van der Waals surface area contributed by atoms with Gasteiger partial charge < -0.3 is 14.3 Å². The smallest absolute Gasteiger partial charge is 0.307 e. The minimum absolute atomic E-state index is 0.0315. The van der Waals surface area contributed by atoms with Crippen molar-refractivity contribution in [2.75, 3.05) is 6.61 Å². The molecule has 0 saturated carbocycles. The Morgan fingerprint density at radius 3 is 3.00 bits per heavy atom. The van der Waals surface area contributed by atoms with Crippen LogP contribution < -0.4 is 10.2 Å². The molecule has 0 spiro atoms. The van der Waals surface area contributed by atoms with Crippen molar-refractivity contribution in [2.45, 2.75) is 6.92 Å². The van der Waals surface area contributed by atoms with Crippen LogP contribution in [-0.2, 0) is 0 Å². The fraction of sp³-hybridized carbons (Fsp3) is 0.111. The van der Waals surface area contributed by atoms with Crippen molar-refractivity contribution in [1.82, 2.24) is 5.43 Å². The first-order chi connectivity index (χ1) is 12.1. The Kier molecular flexibility index (Phi) is 5.04. The molecule has 1 aromatic heterocycles. The Labute approximate surface area is 152 Å². The molecule has 0 saturated heterocycles. The van der Waals surface area contributed by atoms with Gasteiger partial charge in [0.15, 0.2) is 17.3 Å². The number of hydrogen-bond donors (Lipinski definition) is 2. The first kappa shape index (κ1) is 17.0. The first-order valence-electron chi connectivity index (χ1n) is 7.55. The molecule has 6 nitrogen and oxygen atoms in total. The van der Waals surface area contributed by atoms with E-state index in [9.17, 15) is 9.90 Å². The molecular weight excluding hydrogens is 388 g/mol. The Balaban J connectivity index is 1.73. The van der Waals surface area contributed by atoms with Crippen LogP contribution in [0.25, 0.3) is 11.0 Å². The summed E-state index contributed by atoms with van der Waals surface area (Å²) in [6.45, 7) is 2.26. The number of rotatable bonds is 5.